The second-order valence-electron chi connectivity index (χ2n) is 4.18. The van der Waals surface area contributed by atoms with E-state index in [1.807, 2.05) is 32.0 Å². The molecule has 0 aliphatic rings. The van der Waals surface area contributed by atoms with Crippen molar-refractivity contribution in [2.75, 3.05) is 6.61 Å². The SMILES string of the molecule is CCOc1ccc(-c2c(C(=O)O)noc2C)cc1C. The molecule has 5 heteroatoms. The summed E-state index contributed by atoms with van der Waals surface area (Å²) in [5.74, 6) is 0.177. The van der Waals surface area contributed by atoms with Crippen molar-refractivity contribution < 1.29 is 19.2 Å². The van der Waals surface area contributed by atoms with Gasteiger partial charge in [0.15, 0.2) is 5.69 Å². The maximum atomic E-state index is 11.1. The molecule has 0 amide bonds. The predicted octanol–water partition coefficient (Wildman–Crippen LogP) is 3.06. The van der Waals surface area contributed by atoms with Crippen LogP contribution in [0.4, 0.5) is 0 Å². The van der Waals surface area contributed by atoms with Crippen molar-refractivity contribution in [2.24, 2.45) is 0 Å². The Kier molecular flexibility index (Phi) is 3.55. The van der Waals surface area contributed by atoms with E-state index in [0.717, 1.165) is 16.9 Å². The second kappa shape index (κ2) is 5.14. The van der Waals surface area contributed by atoms with Crippen LogP contribution in [0.3, 0.4) is 0 Å². The van der Waals surface area contributed by atoms with E-state index in [0.29, 0.717) is 17.9 Å². The molecule has 1 aromatic carbocycles. The van der Waals surface area contributed by atoms with Gasteiger partial charge in [-0.1, -0.05) is 11.2 Å². The maximum absolute atomic E-state index is 11.1. The lowest BCUT2D eigenvalue weighted by Gasteiger charge is -2.08. The molecular weight excluding hydrogens is 246 g/mol. The maximum Gasteiger partial charge on any atom is 0.358 e. The molecule has 1 N–H and O–H groups in total. The van der Waals surface area contributed by atoms with Crippen molar-refractivity contribution in [1.29, 1.82) is 0 Å². The van der Waals surface area contributed by atoms with E-state index in [1.54, 1.807) is 6.92 Å². The van der Waals surface area contributed by atoms with Gasteiger partial charge in [-0.3, -0.25) is 0 Å². The molecule has 0 atom stereocenters. The van der Waals surface area contributed by atoms with E-state index < -0.39 is 5.97 Å². The van der Waals surface area contributed by atoms with E-state index in [2.05, 4.69) is 5.16 Å². The smallest absolute Gasteiger partial charge is 0.358 e. The fourth-order valence-corrected chi connectivity index (χ4v) is 1.98. The van der Waals surface area contributed by atoms with Crippen molar-refractivity contribution in [1.82, 2.24) is 5.16 Å². The van der Waals surface area contributed by atoms with Crippen LogP contribution >= 0.6 is 0 Å². The Morgan fingerprint density at radius 1 is 1.42 bits per heavy atom. The number of ether oxygens (including phenoxy) is 1. The van der Waals surface area contributed by atoms with E-state index in [9.17, 15) is 4.79 Å². The summed E-state index contributed by atoms with van der Waals surface area (Å²) < 4.78 is 10.4. The zero-order valence-corrected chi connectivity index (χ0v) is 11.1. The number of carboxylic acid groups (broad SMARTS) is 1. The summed E-state index contributed by atoms with van der Waals surface area (Å²) in [5, 5.41) is 12.7. The fraction of sp³-hybridized carbons (Fsp3) is 0.286. The summed E-state index contributed by atoms with van der Waals surface area (Å²) in [6.07, 6.45) is 0. The summed E-state index contributed by atoms with van der Waals surface area (Å²) in [4.78, 5) is 11.1. The zero-order valence-electron chi connectivity index (χ0n) is 11.1. The minimum atomic E-state index is -1.10. The molecule has 1 heterocycles. The monoisotopic (exact) mass is 261 g/mol. The Bertz CT molecular complexity index is 616. The van der Waals surface area contributed by atoms with Gasteiger partial charge < -0.3 is 14.4 Å². The molecule has 5 nitrogen and oxygen atoms in total. The largest absolute Gasteiger partial charge is 0.494 e. The van der Waals surface area contributed by atoms with Crippen LogP contribution < -0.4 is 4.74 Å². The number of hydrogen-bond acceptors (Lipinski definition) is 4. The highest BCUT2D eigenvalue weighted by atomic mass is 16.5. The number of hydrogen-bond donors (Lipinski definition) is 1. The van der Waals surface area contributed by atoms with Crippen LogP contribution in [0.5, 0.6) is 5.75 Å². The van der Waals surface area contributed by atoms with Crippen LogP contribution in [-0.2, 0) is 0 Å². The topological polar surface area (TPSA) is 72.6 Å². The van der Waals surface area contributed by atoms with Crippen LogP contribution in [0.15, 0.2) is 22.7 Å². The number of rotatable bonds is 4. The molecule has 1 aromatic heterocycles. The highest BCUT2D eigenvalue weighted by Gasteiger charge is 2.20. The Balaban J connectivity index is 2.51. The minimum absolute atomic E-state index is 0.0685. The first-order chi connectivity index (χ1) is 9.04. The van der Waals surface area contributed by atoms with Gasteiger partial charge in [0.2, 0.25) is 0 Å². The molecule has 0 bridgehead atoms. The third-order valence-electron chi connectivity index (χ3n) is 2.83. The molecule has 2 aromatic rings. The van der Waals surface area contributed by atoms with E-state index in [-0.39, 0.29) is 5.69 Å². The Morgan fingerprint density at radius 2 is 2.16 bits per heavy atom. The minimum Gasteiger partial charge on any atom is -0.494 e. The molecule has 0 spiro atoms. The first-order valence-corrected chi connectivity index (χ1v) is 5.98. The number of benzene rings is 1. The van der Waals surface area contributed by atoms with Gasteiger partial charge in [0.25, 0.3) is 0 Å². The van der Waals surface area contributed by atoms with Gasteiger partial charge in [-0.05, 0) is 44.0 Å². The van der Waals surface area contributed by atoms with Crippen LogP contribution in [0.2, 0.25) is 0 Å². The van der Waals surface area contributed by atoms with Crippen LogP contribution in [-0.4, -0.2) is 22.8 Å². The number of aromatic nitrogens is 1. The standard InChI is InChI=1S/C14H15NO4/c1-4-18-11-6-5-10(7-8(11)2)12-9(3)19-15-13(12)14(16)17/h5-7H,4H2,1-3H3,(H,16,17). The van der Waals surface area contributed by atoms with Crippen molar-refractivity contribution in [3.8, 4) is 16.9 Å². The zero-order chi connectivity index (χ0) is 14.0. The molecule has 2 rings (SSSR count). The summed E-state index contributed by atoms with van der Waals surface area (Å²) in [5.41, 5.74) is 2.15. The normalized spacial score (nSPS) is 10.5. The van der Waals surface area contributed by atoms with E-state index >= 15 is 0 Å². The summed E-state index contributed by atoms with van der Waals surface area (Å²) in [7, 11) is 0. The summed E-state index contributed by atoms with van der Waals surface area (Å²) in [6.45, 7) is 6.12. The fourth-order valence-electron chi connectivity index (χ4n) is 1.98. The average Bonchev–Trinajstić information content (AvgIpc) is 2.74. The number of carbonyl (C=O) groups is 1. The third kappa shape index (κ3) is 2.45. The van der Waals surface area contributed by atoms with Gasteiger partial charge in [0.05, 0.1) is 12.2 Å². The number of nitrogens with zero attached hydrogens (tertiary/aromatic N) is 1. The van der Waals surface area contributed by atoms with Crippen LogP contribution in [0.25, 0.3) is 11.1 Å². The van der Waals surface area contributed by atoms with Gasteiger partial charge in [-0.2, -0.15) is 0 Å². The Morgan fingerprint density at radius 3 is 2.74 bits per heavy atom. The lowest BCUT2D eigenvalue weighted by molar-refractivity contribution is 0.0686. The summed E-state index contributed by atoms with van der Waals surface area (Å²) >= 11 is 0. The quantitative estimate of drug-likeness (QED) is 0.915. The van der Waals surface area contributed by atoms with E-state index in [4.69, 9.17) is 14.4 Å². The van der Waals surface area contributed by atoms with Crippen molar-refractivity contribution in [2.45, 2.75) is 20.8 Å². The summed E-state index contributed by atoms with van der Waals surface area (Å²) in [6, 6.07) is 5.51. The van der Waals surface area contributed by atoms with Gasteiger partial charge in [-0.25, -0.2) is 4.79 Å². The molecule has 19 heavy (non-hydrogen) atoms. The Labute approximate surface area is 110 Å². The average molecular weight is 261 g/mol. The molecule has 0 saturated heterocycles. The van der Waals surface area contributed by atoms with Crippen molar-refractivity contribution in [3.05, 3.63) is 35.2 Å². The van der Waals surface area contributed by atoms with E-state index in [1.165, 1.54) is 0 Å². The van der Waals surface area contributed by atoms with Crippen molar-refractivity contribution in [3.63, 3.8) is 0 Å². The Hall–Kier alpha value is -2.30. The lowest BCUT2D eigenvalue weighted by atomic mass is 10.0. The number of aromatic carboxylic acids is 1. The third-order valence-corrected chi connectivity index (χ3v) is 2.83. The van der Waals surface area contributed by atoms with Crippen LogP contribution in [0.1, 0.15) is 28.7 Å². The highest BCUT2D eigenvalue weighted by molar-refractivity contribution is 5.94. The first-order valence-electron chi connectivity index (χ1n) is 5.98. The molecule has 0 aliphatic heterocycles. The first kappa shape index (κ1) is 13.1. The molecule has 0 aliphatic carbocycles. The van der Waals surface area contributed by atoms with Gasteiger partial charge in [0.1, 0.15) is 11.5 Å². The van der Waals surface area contributed by atoms with Gasteiger partial charge in [-0.15, -0.1) is 0 Å². The van der Waals surface area contributed by atoms with Crippen LogP contribution in [0, 0.1) is 13.8 Å². The van der Waals surface area contributed by atoms with Crippen molar-refractivity contribution >= 4 is 5.97 Å². The number of aryl methyl sites for hydroxylation is 2. The molecular formula is C14H15NO4. The second-order valence-corrected chi connectivity index (χ2v) is 4.18. The molecule has 0 unspecified atom stereocenters. The highest BCUT2D eigenvalue weighted by Crippen LogP contribution is 2.31. The predicted molar refractivity (Wildman–Crippen MR) is 69.5 cm³/mol. The van der Waals surface area contributed by atoms with Gasteiger partial charge in [0, 0.05) is 0 Å². The lowest BCUT2D eigenvalue weighted by Crippen LogP contribution is -2.00. The molecule has 100 valence electrons. The molecule has 0 saturated carbocycles. The van der Waals surface area contributed by atoms with Gasteiger partial charge >= 0.3 is 5.97 Å². The number of carboxylic acids is 1. The molecule has 0 fully saturated rings. The molecule has 0 radical (unpaired) electrons.